The summed E-state index contributed by atoms with van der Waals surface area (Å²) in [4.78, 5) is 16.9. The van der Waals surface area contributed by atoms with Crippen molar-refractivity contribution in [3.63, 3.8) is 0 Å². The number of carbonyl (C=O) groups is 1. The lowest BCUT2D eigenvalue weighted by Gasteiger charge is -2.03. The molecule has 1 amide bonds. The number of furan rings is 1. The minimum atomic E-state index is -0.147. The Morgan fingerprint density at radius 3 is 2.80 bits per heavy atom. The molecule has 0 saturated heterocycles. The minimum Gasteiger partial charge on any atom is -0.446 e. The zero-order valence-corrected chi connectivity index (χ0v) is 19.7. The van der Waals surface area contributed by atoms with Gasteiger partial charge in [-0.2, -0.15) is 0 Å². The lowest BCUT2D eigenvalue weighted by atomic mass is 10.1. The minimum absolute atomic E-state index is 0.147. The van der Waals surface area contributed by atoms with Gasteiger partial charge in [0, 0.05) is 18.0 Å². The normalized spacial score (nSPS) is 11.1. The molecule has 0 spiro atoms. The Kier molecular flexibility index (Phi) is 6.07. The molecule has 4 rings (SSSR count). The summed E-state index contributed by atoms with van der Waals surface area (Å²) in [7, 11) is 1.84. The van der Waals surface area contributed by atoms with Crippen LogP contribution in [0.15, 0.2) is 50.0 Å². The molecule has 0 aliphatic carbocycles. The number of amides is 1. The van der Waals surface area contributed by atoms with Crippen LogP contribution in [0.2, 0.25) is 0 Å². The first-order valence-corrected chi connectivity index (χ1v) is 11.7. The number of benzene rings is 1. The van der Waals surface area contributed by atoms with E-state index in [0.29, 0.717) is 26.5 Å². The number of halogens is 1. The average molecular weight is 504 g/mol. The fraction of sp³-hybridized carbons (Fsp3) is 0.200. The van der Waals surface area contributed by atoms with Crippen LogP contribution < -0.4 is 5.32 Å². The van der Waals surface area contributed by atoms with E-state index in [2.05, 4.69) is 62.4 Å². The molecule has 1 aromatic carbocycles. The number of hydrogen-bond acceptors (Lipinski definition) is 7. The smallest absolute Gasteiger partial charge is 0.236 e. The maximum absolute atomic E-state index is 12.4. The van der Waals surface area contributed by atoms with Gasteiger partial charge < -0.3 is 14.3 Å². The number of rotatable bonds is 6. The van der Waals surface area contributed by atoms with Gasteiger partial charge in [-0.05, 0) is 59.1 Å². The molecule has 4 aromatic rings. The molecule has 1 N–H and O–H groups in total. The summed E-state index contributed by atoms with van der Waals surface area (Å²) in [6, 6.07) is 9.84. The van der Waals surface area contributed by atoms with Crippen molar-refractivity contribution in [3.8, 4) is 22.8 Å². The van der Waals surface area contributed by atoms with Gasteiger partial charge in [-0.15, -0.1) is 21.5 Å². The maximum atomic E-state index is 12.4. The molecule has 0 fully saturated rings. The van der Waals surface area contributed by atoms with Gasteiger partial charge in [-0.3, -0.25) is 4.79 Å². The van der Waals surface area contributed by atoms with Gasteiger partial charge in [0.15, 0.2) is 26.5 Å². The van der Waals surface area contributed by atoms with Crippen LogP contribution in [-0.4, -0.2) is 31.4 Å². The van der Waals surface area contributed by atoms with Gasteiger partial charge in [-0.1, -0.05) is 23.9 Å². The summed E-state index contributed by atoms with van der Waals surface area (Å²) < 4.78 is 7.94. The fourth-order valence-corrected chi connectivity index (χ4v) is 4.49. The Morgan fingerprint density at radius 2 is 2.07 bits per heavy atom. The maximum Gasteiger partial charge on any atom is 0.236 e. The highest BCUT2D eigenvalue weighted by molar-refractivity contribution is 9.10. The van der Waals surface area contributed by atoms with Gasteiger partial charge in [0.2, 0.25) is 5.91 Å². The number of carbonyl (C=O) groups excluding carboxylic acids is 1. The zero-order valence-electron chi connectivity index (χ0n) is 16.5. The second kappa shape index (κ2) is 8.75. The highest BCUT2D eigenvalue weighted by Crippen LogP contribution is 2.28. The van der Waals surface area contributed by atoms with Crippen LogP contribution in [0.25, 0.3) is 22.8 Å². The molecule has 7 nitrogen and oxygen atoms in total. The van der Waals surface area contributed by atoms with Crippen LogP contribution in [-0.2, 0) is 11.8 Å². The number of thioether (sulfide) groups is 1. The van der Waals surface area contributed by atoms with Gasteiger partial charge in [0.25, 0.3) is 0 Å². The lowest BCUT2D eigenvalue weighted by molar-refractivity contribution is -0.113. The molecule has 0 aliphatic rings. The second-order valence-electron chi connectivity index (χ2n) is 6.64. The molecule has 0 radical (unpaired) electrons. The van der Waals surface area contributed by atoms with Crippen LogP contribution in [0.3, 0.4) is 0 Å². The van der Waals surface area contributed by atoms with Crippen molar-refractivity contribution in [2.45, 2.75) is 19.0 Å². The van der Waals surface area contributed by atoms with Gasteiger partial charge in [0.1, 0.15) is 0 Å². The van der Waals surface area contributed by atoms with Crippen LogP contribution in [0.5, 0.6) is 0 Å². The van der Waals surface area contributed by atoms with Crippen LogP contribution in [0.1, 0.15) is 11.1 Å². The first kappa shape index (κ1) is 20.8. The molecular weight excluding hydrogens is 486 g/mol. The topological polar surface area (TPSA) is 85.8 Å². The quantitative estimate of drug-likeness (QED) is 0.359. The average Bonchev–Trinajstić information content (AvgIpc) is 3.43. The number of aromatic nitrogens is 4. The van der Waals surface area contributed by atoms with Crippen molar-refractivity contribution in [2.24, 2.45) is 7.05 Å². The van der Waals surface area contributed by atoms with Crippen LogP contribution in [0.4, 0.5) is 5.13 Å². The molecule has 3 heterocycles. The monoisotopic (exact) mass is 503 g/mol. The highest BCUT2D eigenvalue weighted by atomic mass is 79.9. The van der Waals surface area contributed by atoms with Gasteiger partial charge in [0.05, 0.1) is 11.4 Å². The van der Waals surface area contributed by atoms with Gasteiger partial charge in [-0.25, -0.2) is 4.98 Å². The van der Waals surface area contributed by atoms with Crippen molar-refractivity contribution in [1.82, 2.24) is 19.7 Å². The number of thiazole rings is 1. The standard InChI is InChI=1S/C20H18BrN5O2S2/c1-11-4-5-13(8-12(11)2)14-9-29-19(22-14)23-17(27)10-30-20-25-24-18(26(20)3)15-6-7-16(21)28-15/h4-9H,10H2,1-3H3,(H,22,23,27). The third kappa shape index (κ3) is 4.50. The second-order valence-corrected chi connectivity index (χ2v) is 9.22. The fourth-order valence-electron chi connectivity index (χ4n) is 2.74. The summed E-state index contributed by atoms with van der Waals surface area (Å²) >= 11 is 5.99. The Bertz CT molecular complexity index is 1210. The van der Waals surface area contributed by atoms with E-state index < -0.39 is 0 Å². The van der Waals surface area contributed by atoms with Crippen LogP contribution >= 0.6 is 39.0 Å². The Morgan fingerprint density at radius 1 is 1.23 bits per heavy atom. The molecule has 30 heavy (non-hydrogen) atoms. The largest absolute Gasteiger partial charge is 0.446 e. The third-order valence-electron chi connectivity index (χ3n) is 4.51. The van der Waals surface area contributed by atoms with E-state index in [1.807, 2.05) is 24.6 Å². The summed E-state index contributed by atoms with van der Waals surface area (Å²) in [5.74, 6) is 1.26. The Labute approximate surface area is 190 Å². The summed E-state index contributed by atoms with van der Waals surface area (Å²) in [6.45, 7) is 4.16. The number of anilines is 1. The first-order valence-electron chi connectivity index (χ1n) is 9.01. The van der Waals surface area contributed by atoms with E-state index in [1.165, 1.54) is 34.2 Å². The van der Waals surface area contributed by atoms with Gasteiger partial charge >= 0.3 is 0 Å². The van der Waals surface area contributed by atoms with Crippen molar-refractivity contribution >= 4 is 50.1 Å². The molecule has 10 heteroatoms. The molecule has 0 unspecified atom stereocenters. The number of hydrogen-bond donors (Lipinski definition) is 1. The summed E-state index contributed by atoms with van der Waals surface area (Å²) in [5.41, 5.74) is 4.35. The Hall–Kier alpha value is -2.43. The molecule has 0 atom stereocenters. The predicted octanol–water partition coefficient (Wildman–Crippen LogP) is 5.31. The van der Waals surface area contributed by atoms with E-state index in [9.17, 15) is 4.79 Å². The first-order chi connectivity index (χ1) is 14.4. The number of nitrogens with one attached hydrogen (secondary N) is 1. The van der Waals surface area contributed by atoms with Crippen molar-refractivity contribution in [3.05, 3.63) is 51.5 Å². The molecule has 0 bridgehead atoms. The molecule has 0 aliphatic heterocycles. The zero-order chi connectivity index (χ0) is 21.3. The lowest BCUT2D eigenvalue weighted by Crippen LogP contribution is -2.14. The number of nitrogens with zero attached hydrogens (tertiary/aromatic N) is 4. The van der Waals surface area contributed by atoms with E-state index in [4.69, 9.17) is 4.42 Å². The van der Waals surface area contributed by atoms with Crippen molar-refractivity contribution in [2.75, 3.05) is 11.1 Å². The van der Waals surface area contributed by atoms with Crippen molar-refractivity contribution < 1.29 is 9.21 Å². The van der Waals surface area contributed by atoms with E-state index in [0.717, 1.165) is 11.3 Å². The van der Waals surface area contributed by atoms with E-state index in [-0.39, 0.29) is 11.7 Å². The third-order valence-corrected chi connectivity index (χ3v) is 6.72. The molecule has 154 valence electrons. The predicted molar refractivity (Wildman–Crippen MR) is 123 cm³/mol. The van der Waals surface area contributed by atoms with Crippen LogP contribution in [0, 0.1) is 13.8 Å². The summed E-state index contributed by atoms with van der Waals surface area (Å²) in [5, 5.41) is 14.3. The highest BCUT2D eigenvalue weighted by Gasteiger charge is 2.16. The summed E-state index contributed by atoms with van der Waals surface area (Å²) in [6.07, 6.45) is 0. The number of aryl methyl sites for hydroxylation is 2. The molecular formula is C20H18BrN5O2S2. The Balaban J connectivity index is 1.37. The SMILES string of the molecule is Cc1ccc(-c2csc(NC(=O)CSc3nnc(-c4ccc(Br)o4)n3C)n2)cc1C. The molecule has 3 aromatic heterocycles. The van der Waals surface area contributed by atoms with E-state index >= 15 is 0 Å². The van der Waals surface area contributed by atoms with E-state index in [1.54, 1.807) is 10.6 Å². The van der Waals surface area contributed by atoms with Crippen molar-refractivity contribution in [1.29, 1.82) is 0 Å². The molecule has 0 saturated carbocycles.